The minimum atomic E-state index is -8.72. The molecule has 0 aliphatic heterocycles. The van der Waals surface area contributed by atoms with Gasteiger partial charge in [0.15, 0.2) is 8.32 Å². The van der Waals surface area contributed by atoms with Crippen LogP contribution in [0.4, 0.5) is 93.9 Å². The van der Waals surface area contributed by atoms with Crippen LogP contribution in [0.3, 0.4) is 0 Å². The van der Waals surface area contributed by atoms with Gasteiger partial charge in [-0.3, -0.25) is 5.32 Å². The molecule has 0 aromatic heterocycles. The zero-order chi connectivity index (χ0) is 55.0. The molecule has 2 aromatic rings. The zero-order valence-electron chi connectivity index (χ0n) is 38.7. The van der Waals surface area contributed by atoms with Crippen LogP contribution in [0.2, 0.25) is 17.1 Å². The SMILES string of the molecule is CCOC(=O)/C=C(C)/C=C/CC[C@@H](C)[C@H](OC(=O)Nc1ccc(F)cc1F)c1ccc(OCCO[Si](CCC(F)(F)C(F)(F)C(F)(F)C(F)(F)C(F)(F)C(F)(F)C(F)(F)C(F)(F)F)(C(C)C)C(C)C)cc1. The van der Waals surface area contributed by atoms with Gasteiger partial charge < -0.3 is 18.6 Å². The minimum absolute atomic E-state index is 0.0689. The number of esters is 1. The van der Waals surface area contributed by atoms with Gasteiger partial charge in [-0.05, 0) is 85.1 Å². The molecule has 0 fully saturated rings. The molecule has 2 atom stereocenters. The normalized spacial score (nSPS) is 15.1. The molecule has 27 heteroatoms. The number of carbonyl (C=O) groups excluding carboxylic acids is 2. The van der Waals surface area contributed by atoms with Crippen LogP contribution in [0.1, 0.15) is 79.4 Å². The first-order valence-corrected chi connectivity index (χ1v) is 23.5. The summed E-state index contributed by atoms with van der Waals surface area (Å²) in [6.07, 6.45) is -7.21. The summed E-state index contributed by atoms with van der Waals surface area (Å²) in [4.78, 5) is 24.7. The van der Waals surface area contributed by atoms with Crippen molar-refractivity contribution < 1.29 is 112 Å². The van der Waals surface area contributed by atoms with Crippen molar-refractivity contribution in [2.24, 2.45) is 5.92 Å². The van der Waals surface area contributed by atoms with E-state index in [2.05, 4.69) is 5.32 Å². The van der Waals surface area contributed by atoms with Crippen LogP contribution in [-0.2, 0) is 18.7 Å². The van der Waals surface area contributed by atoms with Gasteiger partial charge >= 0.3 is 59.7 Å². The molecule has 0 aliphatic carbocycles. The second-order valence-corrected chi connectivity index (χ2v) is 21.9. The molecule has 2 aromatic carbocycles. The quantitative estimate of drug-likeness (QED) is 0.0252. The average Bonchev–Trinajstić information content (AvgIpc) is 3.24. The van der Waals surface area contributed by atoms with Crippen LogP contribution in [0, 0.1) is 17.6 Å². The Hall–Kier alpha value is -4.69. The number of hydrogen-bond acceptors (Lipinski definition) is 6. The molecule has 1 amide bonds. The first kappa shape index (κ1) is 62.4. The van der Waals surface area contributed by atoms with E-state index in [1.165, 1.54) is 58.0 Å². The van der Waals surface area contributed by atoms with Gasteiger partial charge in [-0.25, -0.2) is 18.4 Å². The van der Waals surface area contributed by atoms with Gasteiger partial charge in [0.25, 0.3) is 0 Å². The third kappa shape index (κ3) is 13.7. The summed E-state index contributed by atoms with van der Waals surface area (Å²) in [5.41, 5.74) is -1.32. The number of halogens is 19. The number of alkyl halides is 17. The Morgan fingerprint density at radius 1 is 0.704 bits per heavy atom. The molecule has 0 heterocycles. The Kier molecular flexibility index (Phi) is 20.6. The lowest BCUT2D eigenvalue weighted by Crippen LogP contribution is -2.74. The Morgan fingerprint density at radius 2 is 1.23 bits per heavy atom. The lowest BCUT2D eigenvalue weighted by Gasteiger charge is -2.44. The number of allylic oxidation sites excluding steroid dienone is 3. The predicted molar refractivity (Wildman–Crippen MR) is 221 cm³/mol. The third-order valence-electron chi connectivity index (χ3n) is 11.2. The highest BCUT2D eigenvalue weighted by Gasteiger charge is 2.95. The van der Waals surface area contributed by atoms with E-state index in [9.17, 15) is 84.2 Å². The number of anilines is 1. The number of amides is 1. The van der Waals surface area contributed by atoms with E-state index >= 15 is 8.78 Å². The van der Waals surface area contributed by atoms with Crippen LogP contribution in [-0.4, -0.2) is 87.8 Å². The van der Waals surface area contributed by atoms with Gasteiger partial charge in [0.05, 0.1) is 18.9 Å². The second-order valence-electron chi connectivity index (χ2n) is 16.9. The monoisotopic (exact) mass is 1080 g/mol. The molecule has 0 saturated carbocycles. The van der Waals surface area contributed by atoms with Crippen molar-refractivity contribution in [3.05, 3.63) is 83.5 Å². The molecule has 0 radical (unpaired) electrons. The van der Waals surface area contributed by atoms with Crippen molar-refractivity contribution in [3.8, 4) is 5.75 Å². The summed E-state index contributed by atoms with van der Waals surface area (Å²) < 4.78 is 286. The molecule has 7 nitrogen and oxygen atoms in total. The summed E-state index contributed by atoms with van der Waals surface area (Å²) in [6, 6.07) is 6.59. The topological polar surface area (TPSA) is 83.1 Å². The number of ether oxygens (including phenoxy) is 3. The van der Waals surface area contributed by atoms with E-state index < -0.39 is 134 Å². The predicted octanol–water partition coefficient (Wildman–Crippen LogP) is 15.3. The Bertz CT molecular complexity index is 2140. The highest BCUT2D eigenvalue weighted by Crippen LogP contribution is 2.64. The Labute approximate surface area is 396 Å². The first-order chi connectivity index (χ1) is 32.2. The van der Waals surface area contributed by atoms with Gasteiger partial charge in [-0.1, -0.05) is 58.9 Å². The maximum absolute atomic E-state index is 15.0. The summed E-state index contributed by atoms with van der Waals surface area (Å²) in [7, 11) is -4.06. The Balaban J connectivity index is 2.31. The fourth-order valence-corrected chi connectivity index (χ4v) is 11.5. The summed E-state index contributed by atoms with van der Waals surface area (Å²) in [6.45, 7) is 9.31. The van der Waals surface area contributed by atoms with Gasteiger partial charge in [0.2, 0.25) is 0 Å². The maximum atomic E-state index is 15.0. The fraction of sp³-hybridized carbons (Fsp3) is 0.591. The number of benzene rings is 2. The van der Waals surface area contributed by atoms with Crippen LogP contribution < -0.4 is 10.1 Å². The number of hydrogen-bond donors (Lipinski definition) is 1. The van der Waals surface area contributed by atoms with Crippen molar-refractivity contribution in [3.63, 3.8) is 0 Å². The molecule has 2 rings (SSSR count). The Morgan fingerprint density at radius 3 is 1.72 bits per heavy atom. The van der Waals surface area contributed by atoms with E-state index in [1.807, 2.05) is 0 Å². The van der Waals surface area contributed by atoms with E-state index in [0.29, 0.717) is 30.0 Å². The molecule has 71 heavy (non-hydrogen) atoms. The highest BCUT2D eigenvalue weighted by atomic mass is 28.4. The van der Waals surface area contributed by atoms with Gasteiger partial charge in [-0.2, -0.15) is 74.6 Å². The molecular formula is C44H50F19NO6Si. The average molecular weight is 1080 g/mol. The summed E-state index contributed by atoms with van der Waals surface area (Å²) in [5.74, 6) is -60.0. The molecule has 0 bridgehead atoms. The largest absolute Gasteiger partial charge is 0.491 e. The molecular weight excluding hydrogens is 1030 g/mol. The van der Waals surface area contributed by atoms with Crippen molar-refractivity contribution in [2.75, 3.05) is 25.1 Å². The smallest absolute Gasteiger partial charge is 0.460 e. The van der Waals surface area contributed by atoms with Crippen LogP contribution in [0.25, 0.3) is 0 Å². The second kappa shape index (κ2) is 23.5. The minimum Gasteiger partial charge on any atom is -0.491 e. The summed E-state index contributed by atoms with van der Waals surface area (Å²) >= 11 is 0. The zero-order valence-corrected chi connectivity index (χ0v) is 39.7. The van der Waals surface area contributed by atoms with Gasteiger partial charge in [0, 0.05) is 18.6 Å². The van der Waals surface area contributed by atoms with Crippen molar-refractivity contribution >= 4 is 26.1 Å². The van der Waals surface area contributed by atoms with Gasteiger partial charge in [-0.15, -0.1) is 0 Å². The third-order valence-corrected chi connectivity index (χ3v) is 16.9. The van der Waals surface area contributed by atoms with Crippen LogP contribution in [0.15, 0.2) is 66.3 Å². The molecule has 1 N–H and O–H groups in total. The van der Waals surface area contributed by atoms with E-state index in [4.69, 9.17) is 18.6 Å². The first-order valence-electron chi connectivity index (χ1n) is 21.2. The molecule has 0 aliphatic rings. The van der Waals surface area contributed by atoms with E-state index in [1.54, 1.807) is 32.9 Å². The van der Waals surface area contributed by atoms with Crippen LogP contribution in [0.5, 0.6) is 5.75 Å². The maximum Gasteiger partial charge on any atom is 0.460 e. The lowest BCUT2D eigenvalue weighted by molar-refractivity contribution is -0.461. The van der Waals surface area contributed by atoms with Crippen molar-refractivity contribution in [2.45, 2.75) is 139 Å². The van der Waals surface area contributed by atoms with Crippen molar-refractivity contribution in [1.82, 2.24) is 0 Å². The standard InChI is InChI=1S/C44H50F19NO6Si/c1-8-67-34(65)23-27(6)11-9-10-12-28(7)35(70-36(66)64-33-18-15-30(45)24-32(33)46)29-13-16-31(17-14-29)68-20-21-69-71(25(2)3,26(4)5)22-19-37(47,48)38(49,50)39(51,52)40(53,54)41(55,56)42(57,58)43(59,60)44(61,62)63/h9,11,13-18,23-26,28,35H,8,10,12,19-22H2,1-7H3,(H,64,66)/b11-9+,27-23+/t28-,35+/m1/s1. The van der Waals surface area contributed by atoms with E-state index in [0.717, 1.165) is 12.1 Å². The number of nitrogens with one attached hydrogen (secondary N) is 1. The number of carbonyl (C=O) groups is 2. The summed E-state index contributed by atoms with van der Waals surface area (Å²) in [5, 5.41) is 2.18. The lowest BCUT2D eigenvalue weighted by atomic mass is 9.88. The molecule has 0 unspecified atom stereocenters. The molecule has 0 saturated heterocycles. The highest BCUT2D eigenvalue weighted by molar-refractivity contribution is 6.76. The fourth-order valence-electron chi connectivity index (χ4n) is 7.06. The van der Waals surface area contributed by atoms with E-state index in [-0.39, 0.29) is 12.4 Å². The van der Waals surface area contributed by atoms with Crippen molar-refractivity contribution in [1.29, 1.82) is 0 Å². The molecule has 0 spiro atoms. The number of rotatable bonds is 26. The van der Waals surface area contributed by atoms with Crippen LogP contribution >= 0.6 is 0 Å². The van der Waals surface area contributed by atoms with Gasteiger partial charge in [0.1, 0.15) is 30.1 Å². The molecule has 404 valence electrons.